The Labute approximate surface area is 196 Å². The minimum absolute atomic E-state index is 0.0128. The summed E-state index contributed by atoms with van der Waals surface area (Å²) in [6.07, 6.45) is 5.27. The topological polar surface area (TPSA) is 94.2 Å². The number of aromatic amines is 1. The molecule has 8 nitrogen and oxygen atoms in total. The van der Waals surface area contributed by atoms with E-state index in [9.17, 15) is 14.0 Å². The van der Waals surface area contributed by atoms with Gasteiger partial charge in [-0.2, -0.15) is 0 Å². The highest BCUT2D eigenvalue weighted by molar-refractivity contribution is 5.93. The number of H-pyrrole nitrogens is 1. The monoisotopic (exact) mass is 462 g/mol. The number of carbonyl (C=O) groups is 1. The fraction of sp³-hybridized carbons (Fsp3) is 0.440. The van der Waals surface area contributed by atoms with Crippen LogP contribution in [0.4, 0.5) is 10.1 Å². The summed E-state index contributed by atoms with van der Waals surface area (Å²) in [5, 5.41) is 2.65. The molecule has 0 spiro atoms. The number of halogens is 1. The molecule has 3 aliphatic rings. The lowest BCUT2D eigenvalue weighted by Crippen LogP contribution is -2.46. The van der Waals surface area contributed by atoms with Gasteiger partial charge < -0.3 is 15.2 Å². The third-order valence-corrected chi connectivity index (χ3v) is 6.95. The molecule has 2 N–H and O–H groups in total. The van der Waals surface area contributed by atoms with E-state index in [-0.39, 0.29) is 17.5 Å². The lowest BCUT2D eigenvalue weighted by Gasteiger charge is -2.36. The van der Waals surface area contributed by atoms with Crippen LogP contribution in [0.5, 0.6) is 0 Å². The molecule has 0 bridgehead atoms. The fourth-order valence-corrected chi connectivity index (χ4v) is 4.61. The van der Waals surface area contributed by atoms with Gasteiger partial charge >= 0.3 is 0 Å². The molecule has 3 aromatic heterocycles. The molecular weight excluding hydrogens is 435 g/mol. The number of amides is 1. The minimum Gasteiger partial charge on any atom is -0.368 e. The second-order valence-electron chi connectivity index (χ2n) is 9.60. The van der Waals surface area contributed by atoms with E-state index in [1.54, 1.807) is 12.3 Å². The van der Waals surface area contributed by atoms with Crippen LogP contribution in [0.2, 0.25) is 0 Å². The minimum atomic E-state index is -0.924. The standard InChI is InChI=1S/C25H27FN6O2/c26-19-11-21(19)29-25(34)20-4-3-17(13-28-20)32-7-5-31(6-8-32)14-15-9-23-22(27-12-15)10-18(16-1-2-16)24(33)30-23/h3-4,9-10,12-13,16,19,21H,1-2,5-8,11,14H2,(H,29,34)(H,30,33)/t19-,21+/m1/s1. The molecule has 2 aliphatic carbocycles. The number of rotatable bonds is 6. The Morgan fingerprint density at radius 3 is 2.59 bits per heavy atom. The molecule has 2 atom stereocenters. The second kappa shape index (κ2) is 8.47. The van der Waals surface area contributed by atoms with Gasteiger partial charge in [-0.1, -0.05) is 0 Å². The first-order valence-corrected chi connectivity index (χ1v) is 11.9. The highest BCUT2D eigenvalue weighted by Gasteiger charge is 2.39. The van der Waals surface area contributed by atoms with E-state index in [1.807, 2.05) is 24.4 Å². The number of hydrogen-bond donors (Lipinski definition) is 2. The van der Waals surface area contributed by atoms with Crippen molar-refractivity contribution in [1.29, 1.82) is 0 Å². The summed E-state index contributed by atoms with van der Waals surface area (Å²) in [5.74, 6) is 0.0805. The van der Waals surface area contributed by atoms with Gasteiger partial charge in [-0.05, 0) is 48.6 Å². The first kappa shape index (κ1) is 21.2. The SMILES string of the molecule is O=C(N[C@H]1C[C@H]1F)c1ccc(N2CCN(Cc3cnc4cc(C5CC5)c(=O)[nH]c4c3)CC2)cn1. The van der Waals surface area contributed by atoms with Crippen molar-refractivity contribution in [3.05, 3.63) is 63.8 Å². The fourth-order valence-electron chi connectivity index (χ4n) is 4.61. The third kappa shape index (κ3) is 4.40. The predicted molar refractivity (Wildman–Crippen MR) is 127 cm³/mol. The van der Waals surface area contributed by atoms with Crippen molar-refractivity contribution in [2.24, 2.45) is 0 Å². The number of nitrogens with one attached hydrogen (secondary N) is 2. The number of pyridine rings is 3. The van der Waals surface area contributed by atoms with Crippen molar-refractivity contribution < 1.29 is 9.18 Å². The maximum absolute atomic E-state index is 13.0. The van der Waals surface area contributed by atoms with Crippen LogP contribution in [0.25, 0.3) is 11.0 Å². The Hall–Kier alpha value is -3.33. The van der Waals surface area contributed by atoms with Crippen molar-refractivity contribution in [1.82, 2.24) is 25.2 Å². The molecule has 34 heavy (non-hydrogen) atoms. The van der Waals surface area contributed by atoms with Crippen molar-refractivity contribution in [3.8, 4) is 0 Å². The summed E-state index contributed by atoms with van der Waals surface area (Å²) in [6, 6.07) is 7.22. The lowest BCUT2D eigenvalue weighted by molar-refractivity contribution is 0.0942. The van der Waals surface area contributed by atoms with Crippen LogP contribution in [0, 0.1) is 0 Å². The zero-order valence-electron chi connectivity index (χ0n) is 18.8. The zero-order chi connectivity index (χ0) is 23.2. The highest BCUT2D eigenvalue weighted by atomic mass is 19.1. The van der Waals surface area contributed by atoms with E-state index in [2.05, 4.69) is 30.1 Å². The number of alkyl halides is 1. The molecule has 3 fully saturated rings. The number of nitrogens with zero attached hydrogens (tertiary/aromatic N) is 4. The summed E-state index contributed by atoms with van der Waals surface area (Å²) in [6.45, 7) is 4.24. The molecule has 0 unspecified atom stereocenters. The number of carbonyl (C=O) groups excluding carboxylic acids is 1. The van der Waals surface area contributed by atoms with E-state index >= 15 is 0 Å². The van der Waals surface area contributed by atoms with Crippen LogP contribution < -0.4 is 15.8 Å². The quantitative estimate of drug-likeness (QED) is 0.584. The van der Waals surface area contributed by atoms with Crippen molar-refractivity contribution in [2.75, 3.05) is 31.1 Å². The van der Waals surface area contributed by atoms with Crippen LogP contribution in [0.15, 0.2) is 41.5 Å². The first-order valence-electron chi connectivity index (χ1n) is 11.9. The van der Waals surface area contributed by atoms with Crippen molar-refractivity contribution in [3.63, 3.8) is 0 Å². The average molecular weight is 463 g/mol. The summed E-state index contributed by atoms with van der Waals surface area (Å²) >= 11 is 0. The Morgan fingerprint density at radius 1 is 1.12 bits per heavy atom. The first-order chi connectivity index (χ1) is 16.5. The lowest BCUT2D eigenvalue weighted by atomic mass is 10.1. The Balaban J connectivity index is 1.05. The second-order valence-corrected chi connectivity index (χ2v) is 9.60. The average Bonchev–Trinajstić information content (AvgIpc) is 3.78. The van der Waals surface area contributed by atoms with Crippen LogP contribution >= 0.6 is 0 Å². The molecule has 0 aromatic carbocycles. The van der Waals surface area contributed by atoms with Crippen molar-refractivity contribution >= 4 is 22.6 Å². The normalized spacial score (nSPS) is 22.7. The zero-order valence-corrected chi connectivity index (χ0v) is 18.8. The summed E-state index contributed by atoms with van der Waals surface area (Å²) in [5.41, 5.74) is 4.89. The number of aromatic nitrogens is 3. The molecular formula is C25H27FN6O2. The van der Waals surface area contributed by atoms with E-state index in [0.717, 1.165) is 73.4 Å². The molecule has 6 rings (SSSR count). The Morgan fingerprint density at radius 2 is 1.91 bits per heavy atom. The summed E-state index contributed by atoms with van der Waals surface area (Å²) < 4.78 is 13.0. The molecule has 9 heteroatoms. The molecule has 3 aromatic rings. The summed E-state index contributed by atoms with van der Waals surface area (Å²) in [7, 11) is 0. The van der Waals surface area contributed by atoms with E-state index in [0.29, 0.717) is 18.0 Å². The predicted octanol–water partition coefficient (Wildman–Crippen LogP) is 2.36. The molecule has 2 saturated carbocycles. The van der Waals surface area contributed by atoms with Gasteiger partial charge in [0.2, 0.25) is 0 Å². The van der Waals surface area contributed by atoms with Crippen LogP contribution in [0.1, 0.15) is 46.8 Å². The highest BCUT2D eigenvalue weighted by Crippen LogP contribution is 2.38. The maximum atomic E-state index is 13.0. The number of anilines is 1. The smallest absolute Gasteiger partial charge is 0.270 e. The van der Waals surface area contributed by atoms with Crippen LogP contribution in [0.3, 0.4) is 0 Å². The molecule has 1 saturated heterocycles. The van der Waals surface area contributed by atoms with Gasteiger partial charge in [-0.25, -0.2) is 9.37 Å². The van der Waals surface area contributed by atoms with Gasteiger partial charge in [0.05, 0.1) is 29.0 Å². The maximum Gasteiger partial charge on any atom is 0.270 e. The Bertz CT molecular complexity index is 1280. The van der Waals surface area contributed by atoms with E-state index in [1.165, 1.54) is 0 Å². The van der Waals surface area contributed by atoms with Gasteiger partial charge in [0.1, 0.15) is 11.9 Å². The van der Waals surface area contributed by atoms with Gasteiger partial charge in [0.25, 0.3) is 11.5 Å². The molecule has 1 aliphatic heterocycles. The number of piperazine rings is 1. The number of fused-ring (bicyclic) bond motifs is 1. The van der Waals surface area contributed by atoms with Gasteiger partial charge in [0, 0.05) is 50.9 Å². The van der Waals surface area contributed by atoms with E-state index in [4.69, 9.17) is 0 Å². The molecule has 4 heterocycles. The largest absolute Gasteiger partial charge is 0.368 e. The van der Waals surface area contributed by atoms with Crippen LogP contribution in [-0.2, 0) is 6.54 Å². The van der Waals surface area contributed by atoms with Crippen molar-refractivity contribution in [2.45, 2.75) is 43.9 Å². The molecule has 176 valence electrons. The van der Waals surface area contributed by atoms with Crippen LogP contribution in [-0.4, -0.2) is 64.2 Å². The summed E-state index contributed by atoms with van der Waals surface area (Å²) in [4.78, 5) is 41.0. The number of hydrogen-bond acceptors (Lipinski definition) is 6. The van der Waals surface area contributed by atoms with Gasteiger partial charge in [-0.15, -0.1) is 0 Å². The van der Waals surface area contributed by atoms with E-state index < -0.39 is 6.17 Å². The molecule has 0 radical (unpaired) electrons. The third-order valence-electron chi connectivity index (χ3n) is 6.95. The molecule has 1 amide bonds. The van der Waals surface area contributed by atoms with Gasteiger partial charge in [0.15, 0.2) is 0 Å². The Kier molecular flexibility index (Phi) is 5.28. The van der Waals surface area contributed by atoms with Gasteiger partial charge in [-0.3, -0.25) is 19.5 Å².